The number of benzene rings is 1. The van der Waals surface area contributed by atoms with Crippen LogP contribution in [-0.4, -0.2) is 17.4 Å². The second kappa shape index (κ2) is 4.30. The van der Waals surface area contributed by atoms with Crippen molar-refractivity contribution in [2.24, 2.45) is 0 Å². The summed E-state index contributed by atoms with van der Waals surface area (Å²) in [4.78, 5) is 13.8. The number of carbonyl (C=O) groups is 1. The summed E-state index contributed by atoms with van der Waals surface area (Å²) in [5, 5.41) is 0. The first-order valence-electron chi connectivity index (χ1n) is 5.31. The van der Waals surface area contributed by atoms with Gasteiger partial charge in [-0.15, -0.1) is 0 Å². The van der Waals surface area contributed by atoms with Crippen molar-refractivity contribution in [2.75, 3.05) is 6.54 Å². The molecule has 0 saturated heterocycles. The maximum absolute atomic E-state index is 12.0. The molecule has 0 spiro atoms. The van der Waals surface area contributed by atoms with Crippen molar-refractivity contribution in [3.05, 3.63) is 47.7 Å². The Hall–Kier alpha value is -1.57. The smallest absolute Gasteiger partial charge is 0.257 e. The number of amides is 1. The molecule has 0 saturated carbocycles. The molecule has 1 amide bonds. The van der Waals surface area contributed by atoms with E-state index in [0.717, 1.165) is 24.9 Å². The minimum Gasteiger partial charge on any atom is -0.315 e. The van der Waals surface area contributed by atoms with Crippen LogP contribution in [0.25, 0.3) is 0 Å². The third-order valence-corrected chi connectivity index (χ3v) is 2.63. The van der Waals surface area contributed by atoms with Gasteiger partial charge in [0, 0.05) is 18.3 Å². The Bertz CT molecular complexity index is 381. The normalized spacial score (nSPS) is 16.1. The molecule has 2 rings (SSSR count). The van der Waals surface area contributed by atoms with Crippen LogP contribution in [0.4, 0.5) is 0 Å². The van der Waals surface area contributed by atoms with Gasteiger partial charge in [-0.2, -0.15) is 0 Å². The molecule has 1 heterocycles. The lowest BCUT2D eigenvalue weighted by atomic mass is 10.1. The van der Waals surface area contributed by atoms with Gasteiger partial charge in [-0.1, -0.05) is 23.8 Å². The highest BCUT2D eigenvalue weighted by Crippen LogP contribution is 2.16. The molecule has 1 aliphatic heterocycles. The van der Waals surface area contributed by atoms with Gasteiger partial charge in [0.15, 0.2) is 0 Å². The maximum atomic E-state index is 12.0. The lowest BCUT2D eigenvalue weighted by molar-refractivity contribution is 0.0813. The second-order valence-corrected chi connectivity index (χ2v) is 3.94. The van der Waals surface area contributed by atoms with E-state index < -0.39 is 0 Å². The number of hydrogen-bond donors (Lipinski definition) is 0. The highest BCUT2D eigenvalue weighted by atomic mass is 16.2. The molecule has 0 bridgehead atoms. The minimum atomic E-state index is 0.106. The summed E-state index contributed by atoms with van der Waals surface area (Å²) in [5.41, 5.74) is 2.05. The van der Waals surface area contributed by atoms with Gasteiger partial charge in [0.1, 0.15) is 0 Å². The van der Waals surface area contributed by atoms with E-state index >= 15 is 0 Å². The van der Waals surface area contributed by atoms with Gasteiger partial charge in [-0.25, -0.2) is 0 Å². The van der Waals surface area contributed by atoms with E-state index in [1.165, 1.54) is 5.57 Å². The predicted octanol–water partition coefficient (Wildman–Crippen LogP) is 2.83. The summed E-state index contributed by atoms with van der Waals surface area (Å²) < 4.78 is 0. The molecule has 0 aromatic heterocycles. The molecule has 15 heavy (non-hydrogen) atoms. The van der Waals surface area contributed by atoms with Crippen LogP contribution in [0.1, 0.15) is 30.1 Å². The number of hydrogen-bond acceptors (Lipinski definition) is 1. The van der Waals surface area contributed by atoms with Crippen LogP contribution >= 0.6 is 0 Å². The summed E-state index contributed by atoms with van der Waals surface area (Å²) in [6.45, 7) is 2.91. The van der Waals surface area contributed by atoms with E-state index in [4.69, 9.17) is 0 Å². The van der Waals surface area contributed by atoms with E-state index in [1.807, 2.05) is 41.4 Å². The van der Waals surface area contributed by atoms with Gasteiger partial charge in [0.25, 0.3) is 5.91 Å². The topological polar surface area (TPSA) is 20.3 Å². The van der Waals surface area contributed by atoms with E-state index in [-0.39, 0.29) is 5.91 Å². The molecule has 0 radical (unpaired) electrons. The molecule has 2 heteroatoms. The zero-order valence-electron chi connectivity index (χ0n) is 8.94. The van der Waals surface area contributed by atoms with Crippen LogP contribution in [0.5, 0.6) is 0 Å². The quantitative estimate of drug-likeness (QED) is 0.684. The fourth-order valence-corrected chi connectivity index (χ4v) is 1.83. The average molecular weight is 201 g/mol. The number of allylic oxidation sites excluding steroid dienone is 1. The molecule has 0 aliphatic carbocycles. The second-order valence-electron chi connectivity index (χ2n) is 3.94. The molecular weight excluding hydrogens is 186 g/mol. The Morgan fingerprint density at radius 1 is 1.27 bits per heavy atom. The standard InChI is InChI=1S/C13H15NO/c1-11-6-5-9-14(10-11)13(15)12-7-3-2-4-8-12/h2-4,7-8,10H,5-6,9H2,1H3. The Morgan fingerprint density at radius 2 is 2.00 bits per heavy atom. The van der Waals surface area contributed by atoms with Gasteiger partial charge in [-0.05, 0) is 31.9 Å². The minimum absolute atomic E-state index is 0.106. The molecule has 78 valence electrons. The average Bonchev–Trinajstić information content (AvgIpc) is 2.29. The third-order valence-electron chi connectivity index (χ3n) is 2.63. The van der Waals surface area contributed by atoms with E-state index in [2.05, 4.69) is 6.92 Å². The van der Waals surface area contributed by atoms with Gasteiger partial charge >= 0.3 is 0 Å². The van der Waals surface area contributed by atoms with Crippen LogP contribution in [0.3, 0.4) is 0 Å². The molecule has 1 aromatic carbocycles. The zero-order valence-corrected chi connectivity index (χ0v) is 8.94. The van der Waals surface area contributed by atoms with Crippen molar-refractivity contribution in [3.63, 3.8) is 0 Å². The van der Waals surface area contributed by atoms with Crippen molar-refractivity contribution < 1.29 is 4.79 Å². The molecule has 1 aromatic rings. The lowest BCUT2D eigenvalue weighted by Gasteiger charge is -2.23. The summed E-state index contributed by atoms with van der Waals surface area (Å²) in [6.07, 6.45) is 4.15. The maximum Gasteiger partial charge on any atom is 0.257 e. The molecule has 0 unspecified atom stereocenters. The van der Waals surface area contributed by atoms with Crippen molar-refractivity contribution in [3.8, 4) is 0 Å². The van der Waals surface area contributed by atoms with Crippen molar-refractivity contribution in [2.45, 2.75) is 19.8 Å². The fourth-order valence-electron chi connectivity index (χ4n) is 1.83. The van der Waals surface area contributed by atoms with Gasteiger partial charge in [0.05, 0.1) is 0 Å². The van der Waals surface area contributed by atoms with Crippen molar-refractivity contribution in [1.82, 2.24) is 4.90 Å². The van der Waals surface area contributed by atoms with Crippen LogP contribution in [-0.2, 0) is 0 Å². The van der Waals surface area contributed by atoms with E-state index in [9.17, 15) is 4.79 Å². The van der Waals surface area contributed by atoms with Crippen LogP contribution in [0.15, 0.2) is 42.1 Å². The molecular formula is C13H15NO. The number of nitrogens with zero attached hydrogens (tertiary/aromatic N) is 1. The Morgan fingerprint density at radius 3 is 2.67 bits per heavy atom. The predicted molar refractivity (Wildman–Crippen MR) is 60.5 cm³/mol. The lowest BCUT2D eigenvalue weighted by Crippen LogP contribution is -2.29. The summed E-state index contributed by atoms with van der Waals surface area (Å²) in [6, 6.07) is 9.44. The van der Waals surface area contributed by atoms with Crippen LogP contribution in [0.2, 0.25) is 0 Å². The van der Waals surface area contributed by atoms with Gasteiger partial charge in [0.2, 0.25) is 0 Å². The van der Waals surface area contributed by atoms with Crippen molar-refractivity contribution >= 4 is 5.91 Å². The fraction of sp³-hybridized carbons (Fsp3) is 0.308. The Balaban J connectivity index is 2.18. The summed E-state index contributed by atoms with van der Waals surface area (Å²) in [5.74, 6) is 0.106. The number of carbonyl (C=O) groups excluding carboxylic acids is 1. The highest BCUT2D eigenvalue weighted by Gasteiger charge is 2.15. The molecule has 0 fully saturated rings. The van der Waals surface area contributed by atoms with Gasteiger partial charge in [-0.3, -0.25) is 4.79 Å². The van der Waals surface area contributed by atoms with Crippen molar-refractivity contribution in [1.29, 1.82) is 0 Å². The van der Waals surface area contributed by atoms with Crippen LogP contribution in [0, 0.1) is 0 Å². The Kier molecular flexibility index (Phi) is 2.86. The van der Waals surface area contributed by atoms with E-state index in [0.29, 0.717) is 0 Å². The number of rotatable bonds is 1. The largest absolute Gasteiger partial charge is 0.315 e. The highest BCUT2D eigenvalue weighted by molar-refractivity contribution is 5.94. The SMILES string of the molecule is CC1=CN(C(=O)c2ccccc2)CCC1. The van der Waals surface area contributed by atoms with E-state index in [1.54, 1.807) is 0 Å². The summed E-state index contributed by atoms with van der Waals surface area (Å²) >= 11 is 0. The monoisotopic (exact) mass is 201 g/mol. The molecule has 0 N–H and O–H groups in total. The third kappa shape index (κ3) is 2.27. The molecule has 0 atom stereocenters. The van der Waals surface area contributed by atoms with Crippen LogP contribution < -0.4 is 0 Å². The Labute approximate surface area is 90.2 Å². The first-order chi connectivity index (χ1) is 7.27. The summed E-state index contributed by atoms with van der Waals surface area (Å²) in [7, 11) is 0. The van der Waals surface area contributed by atoms with Gasteiger partial charge < -0.3 is 4.90 Å². The zero-order chi connectivity index (χ0) is 10.7. The first kappa shape index (κ1) is 9.97. The molecule has 1 aliphatic rings. The first-order valence-corrected chi connectivity index (χ1v) is 5.31. The molecule has 2 nitrogen and oxygen atoms in total.